The van der Waals surface area contributed by atoms with Gasteiger partial charge in [0.2, 0.25) is 0 Å². The van der Waals surface area contributed by atoms with Gasteiger partial charge in [-0.2, -0.15) is 0 Å². The largest absolute Gasteiger partial charge is 0.482 e. The highest BCUT2D eigenvalue weighted by Crippen LogP contribution is 2.32. The average molecular weight is 366 g/mol. The summed E-state index contributed by atoms with van der Waals surface area (Å²) in [6.07, 6.45) is 0.781. The van der Waals surface area contributed by atoms with Gasteiger partial charge in [-0.25, -0.2) is 4.79 Å². The molecule has 2 amide bonds. The molecular weight excluding hydrogens is 348 g/mol. The summed E-state index contributed by atoms with van der Waals surface area (Å²) >= 11 is 0. The third kappa shape index (κ3) is 3.23. The van der Waals surface area contributed by atoms with Gasteiger partial charge in [0, 0.05) is 11.7 Å². The van der Waals surface area contributed by atoms with Crippen LogP contribution in [-0.2, 0) is 20.7 Å². The van der Waals surface area contributed by atoms with E-state index in [-0.39, 0.29) is 36.6 Å². The number of nitrogens with one attached hydrogen (secondary N) is 1. The van der Waals surface area contributed by atoms with Gasteiger partial charge in [-0.1, -0.05) is 18.2 Å². The lowest BCUT2D eigenvalue weighted by Crippen LogP contribution is -2.38. The number of carbonyl (C=O) groups excluding carboxylic acids is 3. The van der Waals surface area contributed by atoms with Crippen molar-refractivity contribution < 1.29 is 23.9 Å². The van der Waals surface area contributed by atoms with E-state index < -0.39 is 5.97 Å². The van der Waals surface area contributed by atoms with E-state index in [0.717, 1.165) is 17.7 Å². The second-order valence-electron chi connectivity index (χ2n) is 6.57. The van der Waals surface area contributed by atoms with Crippen molar-refractivity contribution in [1.82, 2.24) is 0 Å². The standard InChI is InChI=1S/C20H18N2O5/c1-12-8-13-4-2-3-5-16(13)22(12)19(24)11-27-20(25)14-6-7-15-17(9-14)26-10-18(23)21-15/h2-7,9,12H,8,10-11H2,1H3,(H,21,23)/t12-/m1/s1. The van der Waals surface area contributed by atoms with Crippen molar-refractivity contribution in [3.8, 4) is 5.75 Å². The van der Waals surface area contributed by atoms with Crippen LogP contribution in [0, 0.1) is 0 Å². The molecule has 2 aromatic rings. The summed E-state index contributed by atoms with van der Waals surface area (Å²) in [7, 11) is 0. The van der Waals surface area contributed by atoms with E-state index in [1.165, 1.54) is 12.1 Å². The lowest BCUT2D eigenvalue weighted by Gasteiger charge is -2.22. The molecule has 2 heterocycles. The summed E-state index contributed by atoms with van der Waals surface area (Å²) in [4.78, 5) is 37.9. The zero-order valence-corrected chi connectivity index (χ0v) is 14.7. The Morgan fingerprint density at radius 1 is 1.26 bits per heavy atom. The molecule has 0 saturated heterocycles. The lowest BCUT2D eigenvalue weighted by atomic mass is 10.1. The fourth-order valence-corrected chi connectivity index (χ4v) is 3.43. The molecule has 0 fully saturated rings. The number of ether oxygens (including phenoxy) is 2. The molecule has 7 nitrogen and oxygen atoms in total. The minimum absolute atomic E-state index is 0.0226. The first-order valence-corrected chi connectivity index (χ1v) is 8.67. The zero-order valence-electron chi connectivity index (χ0n) is 14.7. The van der Waals surface area contributed by atoms with Gasteiger partial charge in [0.1, 0.15) is 5.75 Å². The molecule has 2 aliphatic heterocycles. The lowest BCUT2D eigenvalue weighted by molar-refractivity contribution is -0.122. The van der Waals surface area contributed by atoms with Crippen LogP contribution in [-0.4, -0.2) is 37.0 Å². The van der Waals surface area contributed by atoms with Gasteiger partial charge in [-0.05, 0) is 43.2 Å². The normalized spacial score (nSPS) is 17.4. The van der Waals surface area contributed by atoms with Gasteiger partial charge < -0.3 is 19.7 Å². The summed E-state index contributed by atoms with van der Waals surface area (Å²) < 4.78 is 10.5. The quantitative estimate of drug-likeness (QED) is 0.842. The summed E-state index contributed by atoms with van der Waals surface area (Å²) in [6.45, 7) is 1.53. The van der Waals surface area contributed by atoms with Crippen LogP contribution in [0.5, 0.6) is 5.75 Å². The molecule has 2 aromatic carbocycles. The Kier molecular flexibility index (Phi) is 4.27. The number of hydrogen-bond donors (Lipinski definition) is 1. The van der Waals surface area contributed by atoms with Crippen LogP contribution in [0.25, 0.3) is 0 Å². The van der Waals surface area contributed by atoms with Gasteiger partial charge in [0.25, 0.3) is 11.8 Å². The van der Waals surface area contributed by atoms with E-state index >= 15 is 0 Å². The fourth-order valence-electron chi connectivity index (χ4n) is 3.43. The number of fused-ring (bicyclic) bond motifs is 2. The minimum atomic E-state index is -0.619. The van der Waals surface area contributed by atoms with E-state index in [1.807, 2.05) is 31.2 Å². The van der Waals surface area contributed by atoms with E-state index in [2.05, 4.69) is 5.32 Å². The van der Waals surface area contributed by atoms with Crippen LogP contribution >= 0.6 is 0 Å². The Bertz CT molecular complexity index is 940. The molecule has 0 unspecified atom stereocenters. The highest BCUT2D eigenvalue weighted by molar-refractivity contribution is 6.00. The van der Waals surface area contributed by atoms with Crippen LogP contribution in [0.2, 0.25) is 0 Å². The number of nitrogens with zero attached hydrogens (tertiary/aromatic N) is 1. The molecule has 1 N–H and O–H groups in total. The molecule has 0 aliphatic carbocycles. The maximum absolute atomic E-state index is 12.6. The number of rotatable bonds is 3. The number of amides is 2. The molecule has 0 spiro atoms. The van der Waals surface area contributed by atoms with Crippen LogP contribution in [0.1, 0.15) is 22.8 Å². The van der Waals surface area contributed by atoms with Crippen LogP contribution in [0.15, 0.2) is 42.5 Å². The maximum atomic E-state index is 12.6. The predicted molar refractivity (Wildman–Crippen MR) is 97.9 cm³/mol. The first-order chi connectivity index (χ1) is 13.0. The van der Waals surface area contributed by atoms with Crippen molar-refractivity contribution >= 4 is 29.2 Å². The third-order valence-electron chi connectivity index (χ3n) is 4.65. The van der Waals surface area contributed by atoms with Crippen molar-refractivity contribution in [3.63, 3.8) is 0 Å². The van der Waals surface area contributed by atoms with Crippen molar-refractivity contribution in [2.45, 2.75) is 19.4 Å². The molecule has 138 valence electrons. The van der Waals surface area contributed by atoms with E-state index in [9.17, 15) is 14.4 Å². The number of carbonyl (C=O) groups is 3. The minimum Gasteiger partial charge on any atom is -0.482 e. The summed E-state index contributed by atoms with van der Waals surface area (Å²) in [6, 6.07) is 12.3. The molecule has 27 heavy (non-hydrogen) atoms. The van der Waals surface area contributed by atoms with Gasteiger partial charge in [-0.3, -0.25) is 9.59 Å². The van der Waals surface area contributed by atoms with E-state index in [4.69, 9.17) is 9.47 Å². The third-order valence-corrected chi connectivity index (χ3v) is 4.65. The van der Waals surface area contributed by atoms with Crippen molar-refractivity contribution in [2.24, 2.45) is 0 Å². The van der Waals surface area contributed by atoms with Crippen molar-refractivity contribution in [1.29, 1.82) is 0 Å². The first-order valence-electron chi connectivity index (χ1n) is 8.67. The molecular formula is C20H18N2O5. The van der Waals surface area contributed by atoms with Crippen LogP contribution in [0.4, 0.5) is 11.4 Å². The smallest absolute Gasteiger partial charge is 0.338 e. The predicted octanol–water partition coefficient (Wildman–Crippen LogP) is 2.15. The number of benzene rings is 2. The van der Waals surface area contributed by atoms with Crippen LogP contribution in [0.3, 0.4) is 0 Å². The van der Waals surface area contributed by atoms with Crippen molar-refractivity contribution in [2.75, 3.05) is 23.4 Å². The van der Waals surface area contributed by atoms with Gasteiger partial charge in [0.05, 0.1) is 11.3 Å². The Hall–Kier alpha value is -3.35. The monoisotopic (exact) mass is 366 g/mol. The maximum Gasteiger partial charge on any atom is 0.338 e. The summed E-state index contributed by atoms with van der Waals surface area (Å²) in [5.74, 6) is -0.727. The molecule has 7 heteroatoms. The molecule has 0 radical (unpaired) electrons. The topological polar surface area (TPSA) is 84.9 Å². The molecule has 0 bridgehead atoms. The Labute approximate surface area is 155 Å². The second kappa shape index (κ2) is 6.75. The highest BCUT2D eigenvalue weighted by atomic mass is 16.5. The van der Waals surface area contributed by atoms with E-state index in [1.54, 1.807) is 11.0 Å². The molecule has 0 saturated carbocycles. The number of anilines is 2. The number of hydrogen-bond acceptors (Lipinski definition) is 5. The molecule has 1 atom stereocenters. The Morgan fingerprint density at radius 3 is 2.93 bits per heavy atom. The van der Waals surface area contributed by atoms with Gasteiger partial charge in [0.15, 0.2) is 13.2 Å². The number of para-hydroxylation sites is 1. The Morgan fingerprint density at radius 2 is 2.07 bits per heavy atom. The molecule has 4 rings (SSSR count). The molecule has 0 aromatic heterocycles. The zero-order chi connectivity index (χ0) is 19.0. The van der Waals surface area contributed by atoms with Crippen molar-refractivity contribution in [3.05, 3.63) is 53.6 Å². The van der Waals surface area contributed by atoms with Crippen LogP contribution < -0.4 is 15.0 Å². The van der Waals surface area contributed by atoms with Gasteiger partial charge in [-0.15, -0.1) is 0 Å². The second-order valence-corrected chi connectivity index (χ2v) is 6.57. The van der Waals surface area contributed by atoms with Gasteiger partial charge >= 0.3 is 5.97 Å². The SMILES string of the molecule is C[C@@H]1Cc2ccccc2N1C(=O)COC(=O)c1ccc2c(c1)OCC(=O)N2. The Balaban J connectivity index is 1.42. The first kappa shape index (κ1) is 17.1. The molecule has 2 aliphatic rings. The average Bonchev–Trinajstić information content (AvgIpc) is 3.01. The summed E-state index contributed by atoms with van der Waals surface area (Å²) in [5, 5.41) is 2.65. The number of esters is 1. The fraction of sp³-hybridized carbons (Fsp3) is 0.250. The van der Waals surface area contributed by atoms with E-state index in [0.29, 0.717) is 11.4 Å². The summed E-state index contributed by atoms with van der Waals surface area (Å²) in [5.41, 5.74) is 2.73. The highest BCUT2D eigenvalue weighted by Gasteiger charge is 2.31.